The minimum absolute atomic E-state index is 0.0375. The Morgan fingerprint density at radius 3 is 2.36 bits per heavy atom. The van der Waals surface area contributed by atoms with Gasteiger partial charge in [-0.05, 0) is 18.2 Å². The fraction of sp³-hybridized carbons (Fsp3) is 0.364. The van der Waals surface area contributed by atoms with E-state index >= 15 is 0 Å². The maximum atomic E-state index is 13.0. The largest absolute Gasteiger partial charge is 0.294 e. The summed E-state index contributed by atoms with van der Waals surface area (Å²) in [5.41, 5.74) is -0.139. The van der Waals surface area contributed by atoms with Crippen molar-refractivity contribution in [3.63, 3.8) is 0 Å². The highest BCUT2D eigenvalue weighted by molar-refractivity contribution is 6.30. The molecule has 0 spiro atoms. The standard InChI is InChI=1S/C11H12ClFO/c1-11(2,3)10(14)7-4-5-8(12)9(13)6-7/h4-6H,1-3H3. The van der Waals surface area contributed by atoms with Gasteiger partial charge in [0.25, 0.3) is 0 Å². The van der Waals surface area contributed by atoms with Gasteiger partial charge in [-0.3, -0.25) is 4.79 Å². The Morgan fingerprint density at radius 2 is 1.93 bits per heavy atom. The highest BCUT2D eigenvalue weighted by atomic mass is 35.5. The van der Waals surface area contributed by atoms with E-state index in [1.54, 1.807) is 26.8 Å². The molecular formula is C11H12ClFO. The molecule has 0 fully saturated rings. The van der Waals surface area contributed by atoms with Gasteiger partial charge in [-0.15, -0.1) is 0 Å². The van der Waals surface area contributed by atoms with Gasteiger partial charge >= 0.3 is 0 Å². The Kier molecular flexibility index (Phi) is 2.95. The first kappa shape index (κ1) is 11.2. The monoisotopic (exact) mass is 214 g/mol. The molecule has 0 N–H and O–H groups in total. The summed E-state index contributed by atoms with van der Waals surface area (Å²) in [4.78, 5) is 11.7. The highest BCUT2D eigenvalue weighted by Crippen LogP contribution is 2.23. The first-order valence-corrected chi connectivity index (χ1v) is 4.70. The molecule has 0 amide bonds. The molecule has 76 valence electrons. The van der Waals surface area contributed by atoms with Crippen LogP contribution in [0.25, 0.3) is 0 Å². The van der Waals surface area contributed by atoms with Crippen molar-refractivity contribution < 1.29 is 9.18 Å². The third-order valence-corrected chi connectivity index (χ3v) is 2.17. The number of hydrogen-bond acceptors (Lipinski definition) is 1. The predicted octanol–water partition coefficient (Wildman–Crippen LogP) is 3.71. The van der Waals surface area contributed by atoms with E-state index in [4.69, 9.17) is 11.6 Å². The minimum Gasteiger partial charge on any atom is -0.294 e. The van der Waals surface area contributed by atoms with Crippen LogP contribution < -0.4 is 0 Å². The average Bonchev–Trinajstić information content (AvgIpc) is 2.07. The third kappa shape index (κ3) is 2.32. The molecule has 0 saturated carbocycles. The van der Waals surface area contributed by atoms with Gasteiger partial charge in [0, 0.05) is 11.0 Å². The van der Waals surface area contributed by atoms with Crippen LogP contribution in [-0.4, -0.2) is 5.78 Å². The van der Waals surface area contributed by atoms with E-state index < -0.39 is 11.2 Å². The molecule has 0 heterocycles. The molecule has 14 heavy (non-hydrogen) atoms. The van der Waals surface area contributed by atoms with Gasteiger partial charge < -0.3 is 0 Å². The lowest BCUT2D eigenvalue weighted by Gasteiger charge is -2.16. The molecule has 0 radical (unpaired) electrons. The molecule has 3 heteroatoms. The van der Waals surface area contributed by atoms with E-state index in [0.717, 1.165) is 0 Å². The molecular weight excluding hydrogens is 203 g/mol. The molecule has 0 saturated heterocycles. The summed E-state index contributed by atoms with van der Waals surface area (Å²) >= 11 is 5.51. The van der Waals surface area contributed by atoms with Gasteiger partial charge in [-0.2, -0.15) is 0 Å². The molecule has 1 nitrogen and oxygen atoms in total. The summed E-state index contributed by atoms with van der Waals surface area (Å²) < 4.78 is 13.0. The van der Waals surface area contributed by atoms with Gasteiger partial charge in [0.05, 0.1) is 5.02 Å². The fourth-order valence-electron chi connectivity index (χ4n) is 1.07. The van der Waals surface area contributed by atoms with E-state index in [1.807, 2.05) is 0 Å². The summed E-state index contributed by atoms with van der Waals surface area (Å²) in [6, 6.07) is 4.12. The first-order chi connectivity index (χ1) is 6.32. The molecule has 0 aliphatic carbocycles. The molecule has 0 bridgehead atoms. The predicted molar refractivity (Wildman–Crippen MR) is 55.2 cm³/mol. The van der Waals surface area contributed by atoms with Gasteiger partial charge in [-0.25, -0.2) is 4.39 Å². The van der Waals surface area contributed by atoms with Crippen molar-refractivity contribution in [3.8, 4) is 0 Å². The number of halogens is 2. The van der Waals surface area contributed by atoms with Crippen LogP contribution >= 0.6 is 11.6 Å². The van der Waals surface area contributed by atoms with Crippen LogP contribution in [0.3, 0.4) is 0 Å². The summed E-state index contributed by atoms with van der Waals surface area (Å²) in [6.07, 6.45) is 0. The zero-order chi connectivity index (χ0) is 10.9. The third-order valence-electron chi connectivity index (χ3n) is 1.86. The van der Waals surface area contributed by atoms with Crippen molar-refractivity contribution in [1.29, 1.82) is 0 Å². The number of ketones is 1. The summed E-state index contributed by atoms with van der Waals surface area (Å²) in [5, 5.41) is 0.0375. The molecule has 0 aliphatic rings. The van der Waals surface area contributed by atoms with Gasteiger partial charge in [0.15, 0.2) is 5.78 Å². The quantitative estimate of drug-likeness (QED) is 0.652. The van der Waals surface area contributed by atoms with Crippen molar-refractivity contribution in [3.05, 3.63) is 34.6 Å². The smallest absolute Gasteiger partial charge is 0.168 e. The SMILES string of the molecule is CC(C)(C)C(=O)c1ccc(Cl)c(F)c1. The lowest BCUT2D eigenvalue weighted by atomic mass is 9.86. The molecule has 0 aromatic heterocycles. The first-order valence-electron chi connectivity index (χ1n) is 4.32. The Morgan fingerprint density at radius 1 is 1.36 bits per heavy atom. The normalized spacial score (nSPS) is 11.5. The van der Waals surface area contributed by atoms with E-state index in [2.05, 4.69) is 0 Å². The van der Waals surface area contributed by atoms with E-state index in [0.29, 0.717) is 5.56 Å². The summed E-state index contributed by atoms with van der Waals surface area (Å²) in [7, 11) is 0. The molecule has 0 atom stereocenters. The second-order valence-electron chi connectivity index (χ2n) is 4.21. The minimum atomic E-state index is -0.554. The van der Waals surface area contributed by atoms with Crippen LogP contribution in [0.4, 0.5) is 4.39 Å². The van der Waals surface area contributed by atoms with Crippen LogP contribution in [0, 0.1) is 11.2 Å². The van der Waals surface area contributed by atoms with E-state index in [1.165, 1.54) is 12.1 Å². The van der Waals surface area contributed by atoms with Crippen molar-refractivity contribution >= 4 is 17.4 Å². The number of hydrogen-bond donors (Lipinski definition) is 0. The molecule has 0 unspecified atom stereocenters. The van der Waals surface area contributed by atoms with Crippen LogP contribution in [0.1, 0.15) is 31.1 Å². The van der Waals surface area contributed by atoms with E-state index in [-0.39, 0.29) is 10.8 Å². The summed E-state index contributed by atoms with van der Waals surface area (Å²) in [6.45, 7) is 5.38. The fourth-order valence-corrected chi connectivity index (χ4v) is 1.19. The van der Waals surface area contributed by atoms with Gasteiger partial charge in [0.1, 0.15) is 5.82 Å². The second-order valence-corrected chi connectivity index (χ2v) is 4.62. The van der Waals surface area contributed by atoms with Gasteiger partial charge in [-0.1, -0.05) is 32.4 Å². The lowest BCUT2D eigenvalue weighted by Crippen LogP contribution is -2.20. The van der Waals surface area contributed by atoms with Crippen molar-refractivity contribution in [2.45, 2.75) is 20.8 Å². The van der Waals surface area contributed by atoms with Crippen LogP contribution in [0.15, 0.2) is 18.2 Å². The highest BCUT2D eigenvalue weighted by Gasteiger charge is 2.23. The Labute approximate surface area is 87.9 Å². The van der Waals surface area contributed by atoms with Crippen LogP contribution in [0.5, 0.6) is 0 Å². The second kappa shape index (κ2) is 3.70. The van der Waals surface area contributed by atoms with Crippen molar-refractivity contribution in [2.75, 3.05) is 0 Å². The number of carbonyl (C=O) groups is 1. The Bertz CT molecular complexity index is 366. The average molecular weight is 215 g/mol. The molecule has 1 rings (SSSR count). The zero-order valence-electron chi connectivity index (χ0n) is 8.40. The molecule has 1 aromatic carbocycles. The van der Waals surface area contributed by atoms with Gasteiger partial charge in [0.2, 0.25) is 0 Å². The lowest BCUT2D eigenvalue weighted by molar-refractivity contribution is 0.0858. The number of carbonyl (C=O) groups excluding carboxylic acids is 1. The summed E-state index contributed by atoms with van der Waals surface area (Å²) in [5.74, 6) is -0.644. The van der Waals surface area contributed by atoms with E-state index in [9.17, 15) is 9.18 Å². The zero-order valence-corrected chi connectivity index (χ0v) is 9.15. The maximum absolute atomic E-state index is 13.0. The maximum Gasteiger partial charge on any atom is 0.168 e. The topological polar surface area (TPSA) is 17.1 Å². The Balaban J connectivity index is 3.10. The Hall–Kier alpha value is -0.890. The van der Waals surface area contributed by atoms with Crippen LogP contribution in [-0.2, 0) is 0 Å². The van der Waals surface area contributed by atoms with Crippen LogP contribution in [0.2, 0.25) is 5.02 Å². The van der Waals surface area contributed by atoms with Crippen molar-refractivity contribution in [2.24, 2.45) is 5.41 Å². The molecule has 1 aromatic rings. The number of benzene rings is 1. The number of Topliss-reactive ketones (excluding diaryl/α,β-unsaturated/α-hetero) is 1. The molecule has 0 aliphatic heterocycles. The van der Waals surface area contributed by atoms with Crippen molar-refractivity contribution in [1.82, 2.24) is 0 Å². The number of rotatable bonds is 1.